The lowest BCUT2D eigenvalue weighted by atomic mass is 10.2. The molecule has 0 bridgehead atoms. The molecule has 0 radical (unpaired) electrons. The summed E-state index contributed by atoms with van der Waals surface area (Å²) < 4.78 is 0. The van der Waals surface area contributed by atoms with Crippen molar-refractivity contribution < 1.29 is 5.11 Å². The number of halogens is 1. The molecule has 0 fully saturated rings. The molecule has 0 heterocycles. The minimum Gasteiger partial charge on any atom is -0.508 e. The van der Waals surface area contributed by atoms with Gasteiger partial charge in [-0.2, -0.15) is 0 Å². The van der Waals surface area contributed by atoms with Crippen molar-refractivity contribution in [1.29, 1.82) is 0 Å². The number of aromatic hydroxyl groups is 1. The Kier molecular flexibility index (Phi) is 5.60. The van der Waals surface area contributed by atoms with Gasteiger partial charge in [-0.1, -0.05) is 17.7 Å². The molecule has 0 aliphatic carbocycles. The maximum absolute atomic E-state index is 9.60. The number of hydrogen-bond donors (Lipinski definition) is 2. The molecule has 0 aliphatic rings. The first-order valence-electron chi connectivity index (χ1n) is 5.43. The van der Waals surface area contributed by atoms with Gasteiger partial charge in [-0.25, -0.2) is 0 Å². The number of phenols is 1. The molecule has 4 heteroatoms. The highest BCUT2D eigenvalue weighted by Crippen LogP contribution is 2.24. The van der Waals surface area contributed by atoms with E-state index in [0.29, 0.717) is 11.6 Å². The van der Waals surface area contributed by atoms with Crippen LogP contribution < -0.4 is 5.32 Å². The highest BCUT2D eigenvalue weighted by atomic mass is 35.5. The van der Waals surface area contributed by atoms with Crippen molar-refractivity contribution in [2.75, 3.05) is 27.2 Å². The van der Waals surface area contributed by atoms with Crippen LogP contribution in [0.1, 0.15) is 12.0 Å². The van der Waals surface area contributed by atoms with Gasteiger partial charge < -0.3 is 15.3 Å². The van der Waals surface area contributed by atoms with E-state index in [9.17, 15) is 5.11 Å². The van der Waals surface area contributed by atoms with Crippen molar-refractivity contribution in [3.8, 4) is 5.75 Å². The Morgan fingerprint density at radius 3 is 2.75 bits per heavy atom. The molecule has 1 aromatic carbocycles. The standard InChI is InChI=1S/C12H19ClN2O/c1-15(2)8-4-7-14-9-10-11(13)5-3-6-12(10)16/h3,5-6,14,16H,4,7-9H2,1-2H3. The summed E-state index contributed by atoms with van der Waals surface area (Å²) in [4.78, 5) is 2.15. The van der Waals surface area contributed by atoms with Crippen LogP contribution in [0, 0.1) is 0 Å². The van der Waals surface area contributed by atoms with Crippen molar-refractivity contribution in [1.82, 2.24) is 10.2 Å². The molecule has 0 saturated heterocycles. The Hall–Kier alpha value is -0.770. The van der Waals surface area contributed by atoms with E-state index in [1.54, 1.807) is 18.2 Å². The van der Waals surface area contributed by atoms with Crippen molar-refractivity contribution in [3.63, 3.8) is 0 Å². The van der Waals surface area contributed by atoms with Gasteiger partial charge in [0.25, 0.3) is 0 Å². The summed E-state index contributed by atoms with van der Waals surface area (Å²) in [6, 6.07) is 5.19. The Morgan fingerprint density at radius 1 is 1.38 bits per heavy atom. The Bertz CT molecular complexity index is 309. The van der Waals surface area contributed by atoms with Gasteiger partial charge in [0.15, 0.2) is 0 Å². The lowest BCUT2D eigenvalue weighted by molar-refractivity contribution is 0.393. The Morgan fingerprint density at radius 2 is 2.12 bits per heavy atom. The summed E-state index contributed by atoms with van der Waals surface area (Å²) in [5, 5.41) is 13.5. The molecule has 0 spiro atoms. The van der Waals surface area contributed by atoms with Crippen LogP contribution in [-0.2, 0) is 6.54 Å². The molecule has 0 amide bonds. The van der Waals surface area contributed by atoms with Crippen LogP contribution >= 0.6 is 11.6 Å². The van der Waals surface area contributed by atoms with E-state index in [0.717, 1.165) is 25.1 Å². The van der Waals surface area contributed by atoms with Crippen molar-refractivity contribution in [2.45, 2.75) is 13.0 Å². The Balaban J connectivity index is 2.32. The quantitative estimate of drug-likeness (QED) is 0.750. The van der Waals surface area contributed by atoms with Gasteiger partial charge >= 0.3 is 0 Å². The third kappa shape index (κ3) is 4.39. The summed E-state index contributed by atoms with van der Waals surface area (Å²) in [6.45, 7) is 2.59. The summed E-state index contributed by atoms with van der Waals surface area (Å²) in [6.07, 6.45) is 1.08. The number of benzene rings is 1. The smallest absolute Gasteiger partial charge is 0.121 e. The van der Waals surface area contributed by atoms with Gasteiger partial charge in [0, 0.05) is 17.1 Å². The molecule has 3 nitrogen and oxygen atoms in total. The van der Waals surface area contributed by atoms with E-state index >= 15 is 0 Å². The number of nitrogens with zero attached hydrogens (tertiary/aromatic N) is 1. The summed E-state index contributed by atoms with van der Waals surface area (Å²) >= 11 is 5.98. The van der Waals surface area contributed by atoms with Crippen LogP contribution in [-0.4, -0.2) is 37.2 Å². The first kappa shape index (κ1) is 13.3. The largest absolute Gasteiger partial charge is 0.508 e. The average molecular weight is 243 g/mol. The predicted octanol–water partition coefficient (Wildman–Crippen LogP) is 2.09. The lowest BCUT2D eigenvalue weighted by Gasteiger charge is -2.11. The minimum atomic E-state index is 0.257. The average Bonchev–Trinajstić information content (AvgIpc) is 2.21. The normalized spacial score (nSPS) is 11.0. The van der Waals surface area contributed by atoms with Crippen LogP contribution in [0.4, 0.5) is 0 Å². The second kappa shape index (κ2) is 6.74. The molecule has 1 aromatic rings. The first-order valence-corrected chi connectivity index (χ1v) is 5.81. The number of nitrogens with one attached hydrogen (secondary N) is 1. The maximum Gasteiger partial charge on any atom is 0.121 e. The van der Waals surface area contributed by atoms with Gasteiger partial charge in [-0.05, 0) is 45.7 Å². The molecule has 0 unspecified atom stereocenters. The molecule has 1 rings (SSSR count). The minimum absolute atomic E-state index is 0.257. The zero-order valence-corrected chi connectivity index (χ0v) is 10.6. The summed E-state index contributed by atoms with van der Waals surface area (Å²) in [7, 11) is 4.11. The molecule has 0 aromatic heterocycles. The second-order valence-corrected chi connectivity index (χ2v) is 4.48. The SMILES string of the molecule is CN(C)CCCNCc1c(O)cccc1Cl. The fraction of sp³-hybridized carbons (Fsp3) is 0.500. The van der Waals surface area contributed by atoms with E-state index in [2.05, 4.69) is 24.3 Å². The number of phenolic OH excluding ortho intramolecular Hbond substituents is 1. The van der Waals surface area contributed by atoms with Crippen molar-refractivity contribution in [3.05, 3.63) is 28.8 Å². The molecular weight excluding hydrogens is 224 g/mol. The van der Waals surface area contributed by atoms with Gasteiger partial charge in [-0.15, -0.1) is 0 Å². The van der Waals surface area contributed by atoms with Crippen LogP contribution in [0.15, 0.2) is 18.2 Å². The molecule has 0 saturated carbocycles. The van der Waals surface area contributed by atoms with Crippen LogP contribution in [0.2, 0.25) is 5.02 Å². The van der Waals surface area contributed by atoms with Crippen LogP contribution in [0.25, 0.3) is 0 Å². The Labute approximate surface area is 102 Å². The summed E-state index contributed by atoms with van der Waals surface area (Å²) in [5.41, 5.74) is 0.772. The topological polar surface area (TPSA) is 35.5 Å². The lowest BCUT2D eigenvalue weighted by Crippen LogP contribution is -2.21. The molecule has 0 aliphatic heterocycles. The molecule has 0 atom stereocenters. The van der Waals surface area contributed by atoms with E-state index in [1.807, 2.05) is 0 Å². The third-order valence-electron chi connectivity index (χ3n) is 2.35. The first-order chi connectivity index (χ1) is 7.61. The second-order valence-electron chi connectivity index (χ2n) is 4.07. The number of rotatable bonds is 6. The monoisotopic (exact) mass is 242 g/mol. The fourth-order valence-electron chi connectivity index (χ4n) is 1.46. The predicted molar refractivity (Wildman–Crippen MR) is 68.0 cm³/mol. The van der Waals surface area contributed by atoms with Crippen molar-refractivity contribution >= 4 is 11.6 Å². The van der Waals surface area contributed by atoms with Gasteiger partial charge in [-0.3, -0.25) is 0 Å². The van der Waals surface area contributed by atoms with Crippen molar-refractivity contribution in [2.24, 2.45) is 0 Å². The highest BCUT2D eigenvalue weighted by Gasteiger charge is 2.04. The van der Waals surface area contributed by atoms with Crippen LogP contribution in [0.3, 0.4) is 0 Å². The van der Waals surface area contributed by atoms with E-state index in [-0.39, 0.29) is 5.75 Å². The fourth-order valence-corrected chi connectivity index (χ4v) is 1.69. The molecule has 16 heavy (non-hydrogen) atoms. The van der Waals surface area contributed by atoms with Gasteiger partial charge in [0.2, 0.25) is 0 Å². The highest BCUT2D eigenvalue weighted by molar-refractivity contribution is 6.31. The van der Waals surface area contributed by atoms with E-state index in [1.165, 1.54) is 0 Å². The molecule has 90 valence electrons. The molecule has 2 N–H and O–H groups in total. The van der Waals surface area contributed by atoms with E-state index in [4.69, 9.17) is 11.6 Å². The zero-order valence-electron chi connectivity index (χ0n) is 9.83. The zero-order chi connectivity index (χ0) is 12.0. The summed E-state index contributed by atoms with van der Waals surface area (Å²) in [5.74, 6) is 0.257. The van der Waals surface area contributed by atoms with Crippen LogP contribution in [0.5, 0.6) is 5.75 Å². The maximum atomic E-state index is 9.60. The van der Waals surface area contributed by atoms with Gasteiger partial charge in [0.1, 0.15) is 5.75 Å². The van der Waals surface area contributed by atoms with E-state index < -0.39 is 0 Å². The van der Waals surface area contributed by atoms with Gasteiger partial charge in [0.05, 0.1) is 0 Å². The third-order valence-corrected chi connectivity index (χ3v) is 2.71. The molecular formula is C12H19ClN2O. The number of hydrogen-bond acceptors (Lipinski definition) is 3.